The SMILES string of the molecule is Cc1cc(Cl)ccc1OCC(=O)NCCCNc1ccccc1. The summed E-state index contributed by atoms with van der Waals surface area (Å²) in [5.41, 5.74) is 2.00. The smallest absolute Gasteiger partial charge is 0.257 e. The number of amides is 1. The van der Waals surface area contributed by atoms with Crippen molar-refractivity contribution in [3.8, 4) is 5.75 Å². The Hall–Kier alpha value is -2.20. The molecule has 1 amide bonds. The molecule has 0 aliphatic rings. The number of carbonyl (C=O) groups is 1. The van der Waals surface area contributed by atoms with Crippen LogP contribution in [0.5, 0.6) is 5.75 Å². The van der Waals surface area contributed by atoms with Gasteiger partial charge < -0.3 is 15.4 Å². The molecular weight excluding hydrogens is 312 g/mol. The number of halogens is 1. The fraction of sp³-hybridized carbons (Fsp3) is 0.278. The molecule has 23 heavy (non-hydrogen) atoms. The van der Waals surface area contributed by atoms with E-state index in [0.717, 1.165) is 24.2 Å². The molecule has 0 fully saturated rings. The zero-order chi connectivity index (χ0) is 16.5. The quantitative estimate of drug-likeness (QED) is 0.725. The van der Waals surface area contributed by atoms with E-state index in [1.54, 1.807) is 12.1 Å². The number of carbonyl (C=O) groups excluding carboxylic acids is 1. The Kier molecular flexibility index (Phi) is 6.76. The molecular formula is C18H21ClN2O2. The van der Waals surface area contributed by atoms with E-state index >= 15 is 0 Å². The molecule has 2 aromatic carbocycles. The van der Waals surface area contributed by atoms with Crippen molar-refractivity contribution in [2.45, 2.75) is 13.3 Å². The van der Waals surface area contributed by atoms with Gasteiger partial charge in [0.15, 0.2) is 6.61 Å². The molecule has 0 saturated heterocycles. The van der Waals surface area contributed by atoms with Crippen LogP contribution in [0, 0.1) is 6.92 Å². The largest absolute Gasteiger partial charge is 0.484 e. The Morgan fingerprint density at radius 3 is 2.65 bits per heavy atom. The fourth-order valence-corrected chi connectivity index (χ4v) is 2.30. The third-order valence-corrected chi connectivity index (χ3v) is 3.51. The number of anilines is 1. The first-order valence-electron chi connectivity index (χ1n) is 7.60. The molecule has 0 aromatic heterocycles. The lowest BCUT2D eigenvalue weighted by molar-refractivity contribution is -0.123. The highest BCUT2D eigenvalue weighted by Gasteiger charge is 2.04. The molecule has 0 spiro atoms. The van der Waals surface area contributed by atoms with Crippen molar-refractivity contribution >= 4 is 23.2 Å². The van der Waals surface area contributed by atoms with Crippen LogP contribution >= 0.6 is 11.6 Å². The van der Waals surface area contributed by atoms with Gasteiger partial charge in [-0.1, -0.05) is 29.8 Å². The monoisotopic (exact) mass is 332 g/mol. The first-order valence-corrected chi connectivity index (χ1v) is 7.97. The van der Waals surface area contributed by atoms with Gasteiger partial charge in [-0.05, 0) is 49.2 Å². The lowest BCUT2D eigenvalue weighted by atomic mass is 10.2. The standard InChI is InChI=1S/C18H21ClN2O2/c1-14-12-15(19)8-9-17(14)23-13-18(22)21-11-5-10-20-16-6-3-2-4-7-16/h2-4,6-9,12,20H,5,10-11,13H2,1H3,(H,21,22). The summed E-state index contributed by atoms with van der Waals surface area (Å²) in [6.45, 7) is 3.33. The molecule has 0 aliphatic heterocycles. The maximum atomic E-state index is 11.7. The van der Waals surface area contributed by atoms with Crippen LogP contribution in [0.25, 0.3) is 0 Å². The van der Waals surface area contributed by atoms with E-state index in [4.69, 9.17) is 16.3 Å². The van der Waals surface area contributed by atoms with Gasteiger partial charge in [0.05, 0.1) is 0 Å². The van der Waals surface area contributed by atoms with E-state index in [1.807, 2.05) is 43.3 Å². The number of ether oxygens (including phenoxy) is 1. The van der Waals surface area contributed by atoms with Gasteiger partial charge in [0.1, 0.15) is 5.75 Å². The first-order chi connectivity index (χ1) is 11.1. The van der Waals surface area contributed by atoms with Gasteiger partial charge in [0.25, 0.3) is 5.91 Å². The molecule has 0 unspecified atom stereocenters. The number of para-hydroxylation sites is 1. The minimum Gasteiger partial charge on any atom is -0.484 e. The van der Waals surface area contributed by atoms with Crippen LogP contribution in [0.1, 0.15) is 12.0 Å². The molecule has 0 saturated carbocycles. The highest BCUT2D eigenvalue weighted by Crippen LogP contribution is 2.21. The number of hydrogen-bond donors (Lipinski definition) is 2. The van der Waals surface area contributed by atoms with E-state index in [0.29, 0.717) is 17.3 Å². The summed E-state index contributed by atoms with van der Waals surface area (Å²) in [5.74, 6) is 0.550. The normalized spacial score (nSPS) is 10.2. The predicted octanol–water partition coefficient (Wildman–Crippen LogP) is 3.65. The number of rotatable bonds is 8. The van der Waals surface area contributed by atoms with Gasteiger partial charge in [0, 0.05) is 23.8 Å². The summed E-state index contributed by atoms with van der Waals surface area (Å²) in [7, 11) is 0. The van der Waals surface area contributed by atoms with Crippen molar-refractivity contribution in [2.75, 3.05) is 25.0 Å². The molecule has 0 heterocycles. The summed E-state index contributed by atoms with van der Waals surface area (Å²) in [6, 6.07) is 15.3. The molecule has 2 rings (SSSR count). The molecule has 2 aromatic rings. The Balaban J connectivity index is 1.60. The van der Waals surface area contributed by atoms with E-state index in [-0.39, 0.29) is 12.5 Å². The topological polar surface area (TPSA) is 50.4 Å². The third kappa shape index (κ3) is 6.20. The van der Waals surface area contributed by atoms with Crippen LogP contribution in [0.3, 0.4) is 0 Å². The minimum atomic E-state index is -0.126. The molecule has 0 aliphatic carbocycles. The Bertz CT molecular complexity index is 632. The first kappa shape index (κ1) is 17.2. The van der Waals surface area contributed by atoms with Crippen LogP contribution in [0.15, 0.2) is 48.5 Å². The van der Waals surface area contributed by atoms with E-state index < -0.39 is 0 Å². The molecule has 2 N–H and O–H groups in total. The van der Waals surface area contributed by atoms with Gasteiger partial charge in [-0.3, -0.25) is 4.79 Å². The lowest BCUT2D eigenvalue weighted by Gasteiger charge is -2.10. The van der Waals surface area contributed by atoms with Crippen molar-refractivity contribution < 1.29 is 9.53 Å². The number of hydrogen-bond acceptors (Lipinski definition) is 3. The second-order valence-electron chi connectivity index (χ2n) is 5.19. The summed E-state index contributed by atoms with van der Waals surface area (Å²) in [5, 5.41) is 6.79. The Morgan fingerprint density at radius 2 is 1.91 bits per heavy atom. The van der Waals surface area contributed by atoms with Gasteiger partial charge in [-0.25, -0.2) is 0 Å². The predicted molar refractivity (Wildman–Crippen MR) is 94.2 cm³/mol. The molecule has 122 valence electrons. The van der Waals surface area contributed by atoms with Crippen LogP contribution in [0.4, 0.5) is 5.69 Å². The lowest BCUT2D eigenvalue weighted by Crippen LogP contribution is -2.30. The Labute approximate surface area is 141 Å². The van der Waals surface area contributed by atoms with Crippen molar-refractivity contribution in [2.24, 2.45) is 0 Å². The number of aryl methyl sites for hydroxylation is 1. The third-order valence-electron chi connectivity index (χ3n) is 3.27. The Morgan fingerprint density at radius 1 is 1.13 bits per heavy atom. The highest BCUT2D eigenvalue weighted by molar-refractivity contribution is 6.30. The fourth-order valence-electron chi connectivity index (χ4n) is 2.07. The van der Waals surface area contributed by atoms with Crippen molar-refractivity contribution in [1.82, 2.24) is 5.32 Å². The summed E-state index contributed by atoms with van der Waals surface area (Å²) in [4.78, 5) is 11.7. The highest BCUT2D eigenvalue weighted by atomic mass is 35.5. The average molecular weight is 333 g/mol. The van der Waals surface area contributed by atoms with Crippen molar-refractivity contribution in [3.63, 3.8) is 0 Å². The molecule has 5 heteroatoms. The molecule has 0 bridgehead atoms. The minimum absolute atomic E-state index is 0.00852. The van der Waals surface area contributed by atoms with Crippen LogP contribution in [-0.4, -0.2) is 25.6 Å². The van der Waals surface area contributed by atoms with Crippen LogP contribution in [-0.2, 0) is 4.79 Å². The van der Waals surface area contributed by atoms with Gasteiger partial charge >= 0.3 is 0 Å². The zero-order valence-electron chi connectivity index (χ0n) is 13.1. The van der Waals surface area contributed by atoms with Crippen molar-refractivity contribution in [1.29, 1.82) is 0 Å². The summed E-state index contributed by atoms with van der Waals surface area (Å²) < 4.78 is 5.49. The maximum Gasteiger partial charge on any atom is 0.257 e. The maximum absolute atomic E-state index is 11.7. The van der Waals surface area contributed by atoms with Crippen molar-refractivity contribution in [3.05, 3.63) is 59.1 Å². The number of benzene rings is 2. The second-order valence-corrected chi connectivity index (χ2v) is 5.63. The number of nitrogens with one attached hydrogen (secondary N) is 2. The van der Waals surface area contributed by atoms with Gasteiger partial charge in [-0.2, -0.15) is 0 Å². The summed E-state index contributed by atoms with van der Waals surface area (Å²) >= 11 is 5.88. The van der Waals surface area contributed by atoms with Gasteiger partial charge in [0.2, 0.25) is 0 Å². The summed E-state index contributed by atoms with van der Waals surface area (Å²) in [6.07, 6.45) is 0.848. The van der Waals surface area contributed by atoms with Crippen LogP contribution < -0.4 is 15.4 Å². The van der Waals surface area contributed by atoms with E-state index in [2.05, 4.69) is 10.6 Å². The molecule has 4 nitrogen and oxygen atoms in total. The van der Waals surface area contributed by atoms with Crippen LogP contribution in [0.2, 0.25) is 5.02 Å². The second kappa shape index (κ2) is 9.06. The molecule has 0 radical (unpaired) electrons. The van der Waals surface area contributed by atoms with E-state index in [9.17, 15) is 4.79 Å². The zero-order valence-corrected chi connectivity index (χ0v) is 13.9. The average Bonchev–Trinajstić information content (AvgIpc) is 2.54. The molecule has 0 atom stereocenters. The van der Waals surface area contributed by atoms with Gasteiger partial charge in [-0.15, -0.1) is 0 Å². The van der Waals surface area contributed by atoms with E-state index in [1.165, 1.54) is 0 Å².